The van der Waals surface area contributed by atoms with Crippen molar-refractivity contribution in [1.29, 1.82) is 0 Å². The molecule has 2 aromatic carbocycles. The molecule has 0 saturated heterocycles. The molecule has 0 aliphatic carbocycles. The smallest absolute Gasteiger partial charge is 0.433 e. The van der Waals surface area contributed by atoms with Crippen LogP contribution in [0.4, 0.5) is 16.2 Å². The number of sulfone groups is 1. The summed E-state index contributed by atoms with van der Waals surface area (Å²) in [6.45, 7) is 1.65. The Bertz CT molecular complexity index is 1410. The van der Waals surface area contributed by atoms with E-state index in [0.29, 0.717) is 15.3 Å². The zero-order valence-corrected chi connectivity index (χ0v) is 19.8. The highest BCUT2D eigenvalue weighted by Gasteiger charge is 2.27. The van der Waals surface area contributed by atoms with E-state index < -0.39 is 20.9 Å². The summed E-state index contributed by atoms with van der Waals surface area (Å²) in [6, 6.07) is 9.89. The van der Waals surface area contributed by atoms with E-state index in [4.69, 9.17) is 16.6 Å². The van der Waals surface area contributed by atoms with Crippen LogP contribution in [0.1, 0.15) is 10.4 Å². The lowest BCUT2D eigenvalue weighted by atomic mass is 9.98. The molecule has 5 N–H and O–H groups in total. The Morgan fingerprint density at radius 1 is 1.24 bits per heavy atom. The van der Waals surface area contributed by atoms with Crippen LogP contribution in [0.3, 0.4) is 0 Å². The number of aryl methyl sites for hydroxylation is 1. The van der Waals surface area contributed by atoms with Crippen LogP contribution in [-0.2, 0) is 9.84 Å². The molecular weight excluding hydrogens is 488 g/mol. The number of rotatable bonds is 6. The maximum absolute atomic E-state index is 13.5. The number of aliphatic imine (C=N–C) groups is 1. The first-order chi connectivity index (χ1) is 15.4. The van der Waals surface area contributed by atoms with E-state index in [0.717, 1.165) is 23.1 Å². The molecule has 1 aromatic heterocycles. The Balaban J connectivity index is 2.18. The number of hydrogen-bond acceptors (Lipinski definition) is 8. The molecule has 172 valence electrons. The highest BCUT2D eigenvalue weighted by Crippen LogP contribution is 2.39. The highest BCUT2D eigenvalue weighted by atomic mass is 32.2. The molecule has 10 nitrogen and oxygen atoms in total. The van der Waals surface area contributed by atoms with Crippen molar-refractivity contribution in [1.82, 2.24) is 0 Å². The second-order valence-electron chi connectivity index (χ2n) is 6.77. The summed E-state index contributed by atoms with van der Waals surface area (Å²) in [5, 5.41) is 20.4. The molecule has 1 amide bonds. The fraction of sp³-hybridized carbons (Fsp3) is 0.100. The third kappa shape index (κ3) is 4.84. The van der Waals surface area contributed by atoms with Crippen LogP contribution in [0.5, 0.6) is 0 Å². The number of amides is 1. The zero-order valence-electron chi connectivity index (χ0n) is 17.3. The van der Waals surface area contributed by atoms with Crippen LogP contribution in [0.15, 0.2) is 61.5 Å². The second-order valence-corrected chi connectivity index (χ2v) is 10.8. The minimum absolute atomic E-state index is 0.0563. The monoisotopic (exact) mass is 506 g/mol. The number of thioether (sulfide) groups is 1. The molecule has 0 fully saturated rings. The highest BCUT2D eigenvalue weighted by molar-refractivity contribution is 8.01. The van der Waals surface area contributed by atoms with E-state index in [1.807, 2.05) is 0 Å². The number of nitro groups is 1. The van der Waals surface area contributed by atoms with E-state index >= 15 is 0 Å². The van der Waals surface area contributed by atoms with Gasteiger partial charge in [-0.15, -0.1) is 23.1 Å². The number of benzene rings is 2. The lowest BCUT2D eigenvalue weighted by Gasteiger charge is -2.11. The van der Waals surface area contributed by atoms with Gasteiger partial charge in [-0.3, -0.25) is 10.1 Å². The van der Waals surface area contributed by atoms with Crippen LogP contribution in [0, 0.1) is 17.0 Å². The molecule has 0 unspecified atom stereocenters. The summed E-state index contributed by atoms with van der Waals surface area (Å²) in [6.07, 6.45) is 0.181. The molecule has 0 spiro atoms. The average Bonchev–Trinajstić information content (AvgIpc) is 3.18. The molecule has 1 heterocycles. The molecule has 33 heavy (non-hydrogen) atoms. The van der Waals surface area contributed by atoms with Gasteiger partial charge in [-0.2, -0.15) is 4.99 Å². The van der Waals surface area contributed by atoms with Crippen LogP contribution in [0.25, 0.3) is 11.1 Å². The van der Waals surface area contributed by atoms with Crippen LogP contribution >= 0.6 is 23.1 Å². The number of carboxylic acid groups (broad SMARTS) is 1. The number of nitrogens with zero attached hydrogens (tertiary/aromatic N) is 2. The minimum atomic E-state index is -4.07. The number of anilines is 1. The number of thiophene rings is 1. The molecular formula is C20H18N4O6S3. The van der Waals surface area contributed by atoms with Gasteiger partial charge in [0.1, 0.15) is 5.84 Å². The Labute approximate surface area is 197 Å². The van der Waals surface area contributed by atoms with Crippen molar-refractivity contribution in [2.24, 2.45) is 10.7 Å². The van der Waals surface area contributed by atoms with E-state index in [1.165, 1.54) is 30.3 Å². The normalized spacial score (nSPS) is 12.0. The third-order valence-electron chi connectivity index (χ3n) is 4.58. The first-order valence-corrected chi connectivity index (χ1v) is 12.6. The third-order valence-corrected chi connectivity index (χ3v) is 8.90. The van der Waals surface area contributed by atoms with Crippen molar-refractivity contribution in [2.45, 2.75) is 20.9 Å². The number of nitro benzene ring substituents is 1. The van der Waals surface area contributed by atoms with Crippen LogP contribution in [-0.4, -0.2) is 36.6 Å². The predicted molar refractivity (Wildman–Crippen MR) is 128 cm³/mol. The van der Waals surface area contributed by atoms with Gasteiger partial charge in [0, 0.05) is 11.8 Å². The SMILES string of the molecule is CSc1sc(/C(N)=N\C(=O)O)cc1S(=O)(=O)c1cccc(-c2c(C)cc(N)cc2[N+](=O)[O-])c1. The Hall–Kier alpha value is -3.42. The van der Waals surface area contributed by atoms with Crippen LogP contribution in [0.2, 0.25) is 0 Å². The van der Waals surface area contributed by atoms with Gasteiger partial charge < -0.3 is 16.6 Å². The largest absolute Gasteiger partial charge is 0.463 e. The summed E-state index contributed by atoms with van der Waals surface area (Å²) in [5.74, 6) is -0.314. The second kappa shape index (κ2) is 9.21. The fourth-order valence-corrected chi connectivity index (χ4v) is 7.18. The van der Waals surface area contributed by atoms with Gasteiger partial charge in [-0.25, -0.2) is 13.2 Å². The van der Waals surface area contributed by atoms with E-state index in [2.05, 4.69) is 4.99 Å². The first-order valence-electron chi connectivity index (χ1n) is 9.11. The summed E-state index contributed by atoms with van der Waals surface area (Å²) < 4.78 is 27.3. The van der Waals surface area contributed by atoms with Gasteiger partial charge in [-0.1, -0.05) is 12.1 Å². The summed E-state index contributed by atoms with van der Waals surface area (Å²) >= 11 is 2.17. The molecule has 0 saturated carbocycles. The van der Waals surface area contributed by atoms with Crippen molar-refractivity contribution in [3.8, 4) is 11.1 Å². The number of nitrogens with two attached hydrogens (primary N) is 2. The summed E-state index contributed by atoms with van der Waals surface area (Å²) in [5.41, 5.74) is 12.6. The van der Waals surface area contributed by atoms with Crippen molar-refractivity contribution in [3.63, 3.8) is 0 Å². The summed E-state index contributed by atoms with van der Waals surface area (Å²) in [4.78, 5) is 25.1. The van der Waals surface area contributed by atoms with Gasteiger partial charge in [-0.05, 0) is 48.6 Å². The molecule has 0 atom stereocenters. The number of carbonyl (C=O) groups is 1. The molecule has 3 aromatic rings. The molecule has 0 radical (unpaired) electrons. The van der Waals surface area contributed by atoms with Crippen molar-refractivity contribution in [3.05, 3.63) is 63.0 Å². The number of amidine groups is 1. The lowest BCUT2D eigenvalue weighted by Crippen LogP contribution is -2.13. The average molecular weight is 507 g/mol. The van der Waals surface area contributed by atoms with Gasteiger partial charge in [0.25, 0.3) is 5.69 Å². The van der Waals surface area contributed by atoms with Crippen LogP contribution < -0.4 is 11.5 Å². The quantitative estimate of drug-likeness (QED) is 0.110. The van der Waals surface area contributed by atoms with E-state index in [-0.39, 0.29) is 37.4 Å². The van der Waals surface area contributed by atoms with Gasteiger partial charge in [0.05, 0.1) is 29.4 Å². The van der Waals surface area contributed by atoms with Crippen molar-refractivity contribution >= 4 is 56.2 Å². The minimum Gasteiger partial charge on any atom is -0.463 e. The Kier molecular flexibility index (Phi) is 6.76. The first kappa shape index (κ1) is 24.2. The van der Waals surface area contributed by atoms with Gasteiger partial charge in [0.15, 0.2) is 0 Å². The standard InChI is InChI=1S/C20H18N4O6S3/c1-10-6-12(21)8-14(24(27)28)17(10)11-4-3-5-13(7-11)33(29,30)16-9-15(32-19(16)31-2)18(22)23-20(25)26/h3-9H,21H2,1-2H3,(H2,22,23)(H,25,26). The molecule has 13 heteroatoms. The molecule has 3 rings (SSSR count). The summed E-state index contributed by atoms with van der Waals surface area (Å²) in [7, 11) is -4.07. The van der Waals surface area contributed by atoms with Crippen molar-refractivity contribution in [2.75, 3.05) is 12.0 Å². The Morgan fingerprint density at radius 2 is 1.94 bits per heavy atom. The fourth-order valence-electron chi connectivity index (χ4n) is 3.23. The Morgan fingerprint density at radius 3 is 2.55 bits per heavy atom. The molecule has 0 bridgehead atoms. The number of hydrogen-bond donors (Lipinski definition) is 3. The maximum Gasteiger partial charge on any atom is 0.433 e. The predicted octanol–water partition coefficient (Wildman–Crippen LogP) is 4.15. The molecule has 0 aliphatic rings. The molecule has 0 aliphatic heterocycles. The van der Waals surface area contributed by atoms with Crippen molar-refractivity contribution < 1.29 is 23.2 Å². The van der Waals surface area contributed by atoms with Gasteiger partial charge >= 0.3 is 6.09 Å². The zero-order chi connectivity index (χ0) is 24.5. The lowest BCUT2D eigenvalue weighted by molar-refractivity contribution is -0.384. The topological polar surface area (TPSA) is 179 Å². The number of nitrogen functional groups attached to an aromatic ring is 1. The van der Waals surface area contributed by atoms with Gasteiger partial charge in [0.2, 0.25) is 9.84 Å². The van der Waals surface area contributed by atoms with E-state index in [9.17, 15) is 23.3 Å². The maximum atomic E-state index is 13.5. The van der Waals surface area contributed by atoms with E-state index in [1.54, 1.807) is 25.3 Å².